The summed E-state index contributed by atoms with van der Waals surface area (Å²) in [7, 11) is 0. The van der Waals surface area contributed by atoms with Gasteiger partial charge in [-0.05, 0) is 25.0 Å². The quantitative estimate of drug-likeness (QED) is 0.186. The van der Waals surface area contributed by atoms with Crippen LogP contribution < -0.4 is 20.4 Å². The first kappa shape index (κ1) is 38.7. The first-order valence-corrected chi connectivity index (χ1v) is 11.3. The van der Waals surface area contributed by atoms with Crippen molar-refractivity contribution in [1.29, 1.82) is 0 Å². The van der Waals surface area contributed by atoms with Crippen LogP contribution in [0, 0.1) is 0 Å². The topological polar surface area (TPSA) is 216 Å². The summed E-state index contributed by atoms with van der Waals surface area (Å²) in [4.78, 5) is 35.8. The largest absolute Gasteiger partial charge is 2.00 e. The predicted octanol–water partition coefficient (Wildman–Crippen LogP) is -2.50. The molecule has 0 radical (unpaired) electrons. The number of aliphatic imine (C=N–C) groups is 4. The standard InChI is InChI=1S/2C13H16N2O4.2Ni/c2*1-9(13(18)19)15-8-11(16)7-14-6-10-4-2-3-5-12(10)17;;/h2*2-6,11,16-17H,7-8H2,1H3,(H,18,19);;/q;;2*+2/p-4/t2*11-;;/m10../s1. The molecule has 12 nitrogen and oxygen atoms in total. The van der Waals surface area contributed by atoms with E-state index in [0.29, 0.717) is 11.1 Å². The van der Waals surface area contributed by atoms with Crippen LogP contribution in [0.2, 0.25) is 0 Å². The van der Waals surface area contributed by atoms with Crippen LogP contribution in [0.4, 0.5) is 0 Å². The zero-order valence-electron chi connectivity index (χ0n) is 21.5. The molecular weight excluding hydrogens is 614 g/mol. The van der Waals surface area contributed by atoms with E-state index in [1.54, 1.807) is 36.4 Å². The van der Waals surface area contributed by atoms with E-state index in [-0.39, 0.29) is 82.1 Å². The maximum Gasteiger partial charge on any atom is 2.00 e. The first-order valence-electron chi connectivity index (χ1n) is 11.3. The van der Waals surface area contributed by atoms with Gasteiger partial charge in [0.2, 0.25) is 0 Å². The van der Waals surface area contributed by atoms with Crippen LogP contribution >= 0.6 is 0 Å². The van der Waals surface area contributed by atoms with Crippen LogP contribution in [-0.2, 0) is 42.6 Å². The van der Waals surface area contributed by atoms with E-state index in [1.807, 2.05) is 0 Å². The fraction of sp³-hybridized carbons (Fsp3) is 0.308. The van der Waals surface area contributed by atoms with Crippen molar-refractivity contribution in [3.8, 4) is 11.5 Å². The average molecular weight is 642 g/mol. The normalized spacial score (nSPS) is 13.0. The second-order valence-electron chi connectivity index (χ2n) is 7.80. The Kier molecular flexibility index (Phi) is 20.7. The Morgan fingerprint density at radius 1 is 0.700 bits per heavy atom. The SMILES string of the molecule is CC(=NC[C@@H](O)CN=Cc1ccccc1[O-])C(=O)[O-].CC(=NC[C@H](O)CN=Cc1ccccc1[O-])C(=O)[O-].[Ni+2].[Ni+2]. The summed E-state index contributed by atoms with van der Waals surface area (Å²) in [6.45, 7) is 2.51. The van der Waals surface area contributed by atoms with Crippen LogP contribution in [0.1, 0.15) is 25.0 Å². The third-order valence-corrected chi connectivity index (χ3v) is 4.60. The molecule has 0 saturated carbocycles. The monoisotopic (exact) mass is 640 g/mol. The van der Waals surface area contributed by atoms with Crippen molar-refractivity contribution in [2.24, 2.45) is 20.0 Å². The second kappa shape index (κ2) is 21.4. The molecule has 0 aliphatic rings. The van der Waals surface area contributed by atoms with Gasteiger partial charge in [-0.2, -0.15) is 0 Å². The van der Waals surface area contributed by atoms with Gasteiger partial charge in [-0.25, -0.2) is 0 Å². The molecule has 0 fully saturated rings. The van der Waals surface area contributed by atoms with Crippen molar-refractivity contribution in [2.75, 3.05) is 26.2 Å². The number of carboxylic acid groups (broad SMARTS) is 2. The van der Waals surface area contributed by atoms with E-state index in [2.05, 4.69) is 20.0 Å². The van der Waals surface area contributed by atoms with Crippen molar-refractivity contribution in [3.63, 3.8) is 0 Å². The van der Waals surface area contributed by atoms with Crippen LogP contribution in [0.25, 0.3) is 0 Å². The summed E-state index contributed by atoms with van der Waals surface area (Å²) in [5.74, 6) is -3.02. The summed E-state index contributed by atoms with van der Waals surface area (Å²) < 4.78 is 0. The summed E-state index contributed by atoms with van der Waals surface area (Å²) in [6.07, 6.45) is 0.954. The maximum absolute atomic E-state index is 11.3. The fourth-order valence-corrected chi connectivity index (χ4v) is 2.45. The van der Waals surface area contributed by atoms with Gasteiger partial charge in [-0.3, -0.25) is 20.0 Å². The van der Waals surface area contributed by atoms with Gasteiger partial charge in [0.05, 0.1) is 61.7 Å². The number of hydrogen-bond acceptors (Lipinski definition) is 12. The van der Waals surface area contributed by atoms with Gasteiger partial charge in [0.15, 0.2) is 0 Å². The number of aliphatic hydroxyl groups is 2. The Balaban J connectivity index is 0. The fourth-order valence-electron chi connectivity index (χ4n) is 2.45. The number of carbonyl (C=O) groups excluding carboxylic acids is 2. The molecule has 40 heavy (non-hydrogen) atoms. The van der Waals surface area contributed by atoms with Gasteiger partial charge in [0, 0.05) is 12.4 Å². The Morgan fingerprint density at radius 3 is 1.32 bits per heavy atom. The van der Waals surface area contributed by atoms with E-state index in [0.717, 1.165) is 0 Å². The first-order chi connectivity index (χ1) is 18.0. The van der Waals surface area contributed by atoms with Crippen molar-refractivity contribution in [2.45, 2.75) is 26.1 Å². The van der Waals surface area contributed by atoms with Gasteiger partial charge in [0.25, 0.3) is 0 Å². The molecule has 2 atom stereocenters. The Labute approximate surface area is 251 Å². The minimum absolute atomic E-state index is 0. The molecule has 0 saturated heterocycles. The average Bonchev–Trinajstić information content (AvgIpc) is 2.88. The number of rotatable bonds is 12. The summed E-state index contributed by atoms with van der Waals surface area (Å²) in [5, 5.41) is 62.4. The molecule has 0 heterocycles. The van der Waals surface area contributed by atoms with Crippen molar-refractivity contribution in [1.82, 2.24) is 0 Å². The Bertz CT molecular complexity index is 1100. The number of carboxylic acids is 2. The smallest absolute Gasteiger partial charge is 0.872 e. The van der Waals surface area contributed by atoms with Gasteiger partial charge in [-0.1, -0.05) is 48.5 Å². The van der Waals surface area contributed by atoms with E-state index in [1.165, 1.54) is 38.4 Å². The van der Waals surface area contributed by atoms with E-state index in [9.17, 15) is 40.2 Å². The van der Waals surface area contributed by atoms with Crippen LogP contribution in [0.5, 0.6) is 11.5 Å². The van der Waals surface area contributed by atoms with Gasteiger partial charge >= 0.3 is 33.0 Å². The second-order valence-corrected chi connectivity index (χ2v) is 7.80. The number of aliphatic hydroxyl groups excluding tert-OH is 2. The molecule has 2 N–H and O–H groups in total. The van der Waals surface area contributed by atoms with Crippen LogP contribution in [0.15, 0.2) is 68.5 Å². The van der Waals surface area contributed by atoms with Crippen molar-refractivity contribution in [3.05, 3.63) is 59.7 Å². The van der Waals surface area contributed by atoms with E-state index >= 15 is 0 Å². The molecule has 0 aromatic heterocycles. The van der Waals surface area contributed by atoms with E-state index in [4.69, 9.17) is 0 Å². The maximum atomic E-state index is 11.3. The minimum Gasteiger partial charge on any atom is -0.872 e. The van der Waals surface area contributed by atoms with Gasteiger partial charge < -0.3 is 40.2 Å². The summed E-state index contributed by atoms with van der Waals surface area (Å²) in [6, 6.07) is 12.8. The van der Waals surface area contributed by atoms with Gasteiger partial charge in [-0.15, -0.1) is 11.5 Å². The molecule has 220 valence electrons. The molecule has 0 amide bonds. The number of aliphatic carboxylic acids is 2. The summed E-state index contributed by atoms with van der Waals surface area (Å²) in [5.41, 5.74) is 0.522. The number of benzene rings is 2. The minimum atomic E-state index is -1.36. The zero-order chi connectivity index (χ0) is 28.5. The van der Waals surface area contributed by atoms with Crippen LogP contribution in [0.3, 0.4) is 0 Å². The molecular formula is C26H28N4Ni2O8. The number of nitrogens with zero attached hydrogens (tertiary/aromatic N) is 4. The molecule has 2 rings (SSSR count). The molecule has 0 spiro atoms. The molecule has 2 aromatic rings. The number of hydrogen-bond donors (Lipinski definition) is 2. The number of carbonyl (C=O) groups is 2. The molecule has 0 unspecified atom stereocenters. The van der Waals surface area contributed by atoms with Crippen molar-refractivity contribution < 1.29 is 73.2 Å². The predicted molar refractivity (Wildman–Crippen MR) is 135 cm³/mol. The molecule has 0 aliphatic carbocycles. The third-order valence-electron chi connectivity index (χ3n) is 4.60. The summed E-state index contributed by atoms with van der Waals surface area (Å²) >= 11 is 0. The van der Waals surface area contributed by atoms with Gasteiger partial charge in [0.1, 0.15) is 0 Å². The van der Waals surface area contributed by atoms with Crippen molar-refractivity contribution >= 4 is 35.8 Å². The number of para-hydroxylation sites is 2. The Hall–Kier alpha value is -3.43. The third kappa shape index (κ3) is 16.5. The molecule has 2 aromatic carbocycles. The molecule has 14 heteroatoms. The molecule has 0 bridgehead atoms. The van der Waals surface area contributed by atoms with Crippen LogP contribution in [-0.4, -0.2) is 84.4 Å². The Morgan fingerprint density at radius 2 is 1.02 bits per heavy atom. The zero-order valence-corrected chi connectivity index (χ0v) is 23.5. The van der Waals surface area contributed by atoms with E-state index < -0.39 is 24.1 Å². The molecule has 0 aliphatic heterocycles.